The Morgan fingerprint density at radius 3 is 1.48 bits per heavy atom. The van der Waals surface area contributed by atoms with Crippen LogP contribution in [0.15, 0.2) is 0 Å². The first-order valence-corrected chi connectivity index (χ1v) is 11.3. The second-order valence-corrected chi connectivity index (χ2v) is 7.94. The van der Waals surface area contributed by atoms with Crippen molar-refractivity contribution in [2.75, 3.05) is 26.2 Å². The summed E-state index contributed by atoms with van der Waals surface area (Å²) in [5.74, 6) is -0.132. The van der Waals surface area contributed by atoms with Gasteiger partial charge >= 0.3 is 12.1 Å². The summed E-state index contributed by atoms with van der Waals surface area (Å²) in [5, 5.41) is 5.69. The predicted octanol–water partition coefficient (Wildman–Crippen LogP) is 3.16. The Morgan fingerprint density at radius 2 is 1.03 bits per heavy atom. The van der Waals surface area contributed by atoms with E-state index in [2.05, 4.69) is 10.6 Å². The van der Waals surface area contributed by atoms with Gasteiger partial charge < -0.3 is 10.6 Å². The molecule has 2 aliphatic heterocycles. The van der Waals surface area contributed by atoms with E-state index < -0.39 is 0 Å². The van der Waals surface area contributed by atoms with Crippen molar-refractivity contribution in [1.29, 1.82) is 0 Å². The maximum absolute atomic E-state index is 12.1. The first-order chi connectivity index (χ1) is 14.1. The Kier molecular flexibility index (Phi) is 10.5. The number of hydrogen-bond acceptors (Lipinski definition) is 4. The second-order valence-electron chi connectivity index (χ2n) is 7.94. The highest BCUT2D eigenvalue weighted by atomic mass is 16.2. The third kappa shape index (κ3) is 8.41. The molecule has 0 unspecified atom stereocenters. The molecule has 2 fully saturated rings. The number of nitrogens with one attached hydrogen (secondary N) is 2. The van der Waals surface area contributed by atoms with E-state index in [-0.39, 0.29) is 23.9 Å². The van der Waals surface area contributed by atoms with Crippen LogP contribution < -0.4 is 10.6 Å². The van der Waals surface area contributed by atoms with Gasteiger partial charge in [-0.1, -0.05) is 32.1 Å². The normalized spacial score (nSPS) is 18.2. The molecule has 2 aliphatic rings. The summed E-state index contributed by atoms with van der Waals surface area (Å²) in [4.78, 5) is 50.7. The van der Waals surface area contributed by atoms with Gasteiger partial charge in [0.25, 0.3) is 0 Å². The average Bonchev–Trinajstić information content (AvgIpc) is 3.06. The first-order valence-electron chi connectivity index (χ1n) is 11.3. The van der Waals surface area contributed by atoms with E-state index in [0.717, 1.165) is 70.6 Å². The summed E-state index contributed by atoms with van der Waals surface area (Å²) < 4.78 is 0. The van der Waals surface area contributed by atoms with Crippen molar-refractivity contribution >= 4 is 23.9 Å². The topological polar surface area (TPSA) is 98.8 Å². The summed E-state index contributed by atoms with van der Waals surface area (Å²) in [6, 6.07) is -0.523. The fourth-order valence-corrected chi connectivity index (χ4v) is 3.76. The van der Waals surface area contributed by atoms with Gasteiger partial charge in [-0.3, -0.25) is 19.4 Å². The number of rotatable bonds is 8. The zero-order valence-electron chi connectivity index (χ0n) is 17.5. The molecule has 0 aromatic heterocycles. The smallest absolute Gasteiger partial charge is 0.324 e. The van der Waals surface area contributed by atoms with Gasteiger partial charge in [-0.05, 0) is 38.5 Å². The molecule has 0 saturated carbocycles. The van der Waals surface area contributed by atoms with Crippen LogP contribution in [0.25, 0.3) is 0 Å². The van der Waals surface area contributed by atoms with Crippen LogP contribution in [0, 0.1) is 0 Å². The summed E-state index contributed by atoms with van der Waals surface area (Å²) in [6.07, 6.45) is 11.2. The number of likely N-dealkylation sites (tertiary alicyclic amines) is 2. The average molecular weight is 409 g/mol. The number of amides is 6. The van der Waals surface area contributed by atoms with Gasteiger partial charge in [0.2, 0.25) is 11.8 Å². The lowest BCUT2D eigenvalue weighted by atomic mass is 10.1. The molecule has 164 valence electrons. The molecule has 0 spiro atoms. The molecule has 2 N–H and O–H groups in total. The number of hydrogen-bond donors (Lipinski definition) is 2. The van der Waals surface area contributed by atoms with Crippen molar-refractivity contribution in [3.8, 4) is 0 Å². The van der Waals surface area contributed by atoms with Crippen LogP contribution in [0.3, 0.4) is 0 Å². The van der Waals surface area contributed by atoms with E-state index in [1.807, 2.05) is 0 Å². The highest BCUT2D eigenvalue weighted by Gasteiger charge is 2.23. The third-order valence-corrected chi connectivity index (χ3v) is 5.54. The molecule has 0 aromatic carbocycles. The Hall–Kier alpha value is -2.12. The lowest BCUT2D eigenvalue weighted by molar-refractivity contribution is -0.128. The summed E-state index contributed by atoms with van der Waals surface area (Å²) in [5.41, 5.74) is 0. The second kappa shape index (κ2) is 13.2. The van der Waals surface area contributed by atoms with Crippen molar-refractivity contribution in [1.82, 2.24) is 20.4 Å². The molecule has 0 radical (unpaired) electrons. The monoisotopic (exact) mass is 408 g/mol. The van der Waals surface area contributed by atoms with Crippen molar-refractivity contribution in [3.63, 3.8) is 0 Å². The van der Waals surface area contributed by atoms with Gasteiger partial charge in [-0.25, -0.2) is 9.59 Å². The van der Waals surface area contributed by atoms with E-state index in [1.165, 1.54) is 9.80 Å². The third-order valence-electron chi connectivity index (χ3n) is 5.54. The lowest BCUT2D eigenvalue weighted by Crippen LogP contribution is -2.43. The predicted molar refractivity (Wildman–Crippen MR) is 110 cm³/mol. The number of carbonyl (C=O) groups is 4. The molecule has 29 heavy (non-hydrogen) atoms. The highest BCUT2D eigenvalue weighted by molar-refractivity contribution is 5.95. The molecule has 6 amide bonds. The van der Waals surface area contributed by atoms with Crippen LogP contribution in [0.2, 0.25) is 0 Å². The summed E-state index contributed by atoms with van der Waals surface area (Å²) >= 11 is 0. The van der Waals surface area contributed by atoms with Crippen LogP contribution in [-0.4, -0.2) is 59.9 Å². The molecule has 2 heterocycles. The summed E-state index contributed by atoms with van der Waals surface area (Å²) in [6.45, 7) is 2.21. The van der Waals surface area contributed by atoms with Gasteiger partial charge in [-0.2, -0.15) is 0 Å². The molecule has 8 nitrogen and oxygen atoms in total. The van der Waals surface area contributed by atoms with Gasteiger partial charge in [0.15, 0.2) is 0 Å². The maximum atomic E-state index is 12.1. The Labute approximate surface area is 173 Å². The Morgan fingerprint density at radius 1 is 0.621 bits per heavy atom. The SMILES string of the molecule is O=C1CCCCCN1C(=O)NCCCCCCCNC(=O)N1CCCCCC1=O. The molecule has 8 heteroatoms. The number of carbonyl (C=O) groups excluding carboxylic acids is 4. The van der Waals surface area contributed by atoms with Crippen LogP contribution in [0.4, 0.5) is 9.59 Å². The van der Waals surface area contributed by atoms with Crippen LogP contribution >= 0.6 is 0 Å². The van der Waals surface area contributed by atoms with Crippen LogP contribution in [0.1, 0.15) is 83.5 Å². The maximum Gasteiger partial charge on any atom is 0.324 e. The molecule has 2 saturated heterocycles. The van der Waals surface area contributed by atoms with Crippen molar-refractivity contribution in [2.45, 2.75) is 83.5 Å². The Balaban J connectivity index is 1.46. The van der Waals surface area contributed by atoms with Gasteiger partial charge in [-0.15, -0.1) is 0 Å². The van der Waals surface area contributed by atoms with E-state index in [1.54, 1.807) is 0 Å². The fraction of sp³-hybridized carbons (Fsp3) is 0.810. The van der Waals surface area contributed by atoms with E-state index in [9.17, 15) is 19.2 Å². The largest absolute Gasteiger partial charge is 0.338 e. The molecule has 0 bridgehead atoms. The lowest BCUT2D eigenvalue weighted by Gasteiger charge is -2.19. The first kappa shape index (κ1) is 23.2. The van der Waals surface area contributed by atoms with Gasteiger partial charge in [0.1, 0.15) is 0 Å². The summed E-state index contributed by atoms with van der Waals surface area (Å²) in [7, 11) is 0. The minimum atomic E-state index is -0.261. The minimum absolute atomic E-state index is 0.0658. The molecular formula is C21H36N4O4. The molecular weight excluding hydrogens is 372 g/mol. The minimum Gasteiger partial charge on any atom is -0.338 e. The van der Waals surface area contributed by atoms with E-state index in [4.69, 9.17) is 0 Å². The number of imide groups is 2. The fourth-order valence-electron chi connectivity index (χ4n) is 3.76. The molecule has 0 aromatic rings. The molecule has 0 atom stereocenters. The number of urea groups is 2. The van der Waals surface area contributed by atoms with Gasteiger partial charge in [0.05, 0.1) is 0 Å². The van der Waals surface area contributed by atoms with Crippen molar-refractivity contribution < 1.29 is 19.2 Å². The zero-order chi connectivity index (χ0) is 20.9. The van der Waals surface area contributed by atoms with Crippen molar-refractivity contribution in [2.24, 2.45) is 0 Å². The number of nitrogens with zero attached hydrogens (tertiary/aromatic N) is 2. The van der Waals surface area contributed by atoms with Crippen LogP contribution in [-0.2, 0) is 9.59 Å². The Bertz CT molecular complexity index is 519. The zero-order valence-corrected chi connectivity index (χ0v) is 17.5. The quantitative estimate of drug-likeness (QED) is 0.603. The highest BCUT2D eigenvalue weighted by Crippen LogP contribution is 2.12. The van der Waals surface area contributed by atoms with E-state index in [0.29, 0.717) is 39.0 Å². The standard InChI is InChI=1S/C21H36N4O4/c26-18-12-6-4-10-16-24(18)20(28)22-14-8-2-1-3-9-15-23-21(29)25-17-11-5-7-13-19(25)27/h1-17H2,(H,22,28)(H,23,29). The van der Waals surface area contributed by atoms with E-state index >= 15 is 0 Å². The number of unbranched alkanes of at least 4 members (excludes halogenated alkanes) is 4. The molecule has 2 rings (SSSR count). The molecule has 0 aliphatic carbocycles. The van der Waals surface area contributed by atoms with Gasteiger partial charge in [0, 0.05) is 39.0 Å². The van der Waals surface area contributed by atoms with Crippen molar-refractivity contribution in [3.05, 3.63) is 0 Å². The van der Waals surface area contributed by atoms with Crippen LogP contribution in [0.5, 0.6) is 0 Å².